The fourth-order valence-corrected chi connectivity index (χ4v) is 2.16. The van der Waals surface area contributed by atoms with Crippen molar-refractivity contribution in [3.63, 3.8) is 0 Å². The topological polar surface area (TPSA) is 112 Å². The van der Waals surface area contributed by atoms with E-state index >= 15 is 0 Å². The van der Waals surface area contributed by atoms with Gasteiger partial charge in [0.2, 0.25) is 11.6 Å². The van der Waals surface area contributed by atoms with Gasteiger partial charge in [-0.15, -0.1) is 12.6 Å². The van der Waals surface area contributed by atoms with Gasteiger partial charge in [0.1, 0.15) is 0 Å². The minimum absolute atomic E-state index is 0.0947. The van der Waals surface area contributed by atoms with Crippen LogP contribution in [0.2, 0.25) is 0 Å². The molecule has 0 saturated heterocycles. The lowest BCUT2D eigenvalue weighted by Crippen LogP contribution is -2.29. The van der Waals surface area contributed by atoms with Gasteiger partial charge in [0, 0.05) is 21.8 Å². The number of benzene rings is 1. The van der Waals surface area contributed by atoms with Crippen LogP contribution in [-0.4, -0.2) is 11.6 Å². The van der Waals surface area contributed by atoms with Crippen LogP contribution in [0.1, 0.15) is 21.5 Å². The molecule has 0 aromatic heterocycles. The van der Waals surface area contributed by atoms with Crippen LogP contribution in [0.4, 0.5) is 11.4 Å². The van der Waals surface area contributed by atoms with Gasteiger partial charge in [-0.3, -0.25) is 9.59 Å². The molecule has 88 valence electrons. The molecular weight excluding hydrogens is 238 g/mol. The standard InChI is InChI=1S/C11H11N3O2S/c1-3-2-4(12)5-6(7(3)13)11(17)8(14)10(16)9(5)15/h2,17H,12-14H2,1H3. The molecule has 0 amide bonds. The lowest BCUT2D eigenvalue weighted by atomic mass is 9.89. The van der Waals surface area contributed by atoms with Gasteiger partial charge in [0.05, 0.1) is 11.3 Å². The van der Waals surface area contributed by atoms with E-state index < -0.39 is 11.6 Å². The maximum absolute atomic E-state index is 11.8. The summed E-state index contributed by atoms with van der Waals surface area (Å²) in [5, 5.41) is 0. The molecule has 1 aliphatic rings. The third-order valence-electron chi connectivity index (χ3n) is 2.77. The number of rotatable bonds is 0. The SMILES string of the molecule is Cc1cc(N)c2c(c1N)C(S)=C(N)C(=O)C2=O. The van der Waals surface area contributed by atoms with Gasteiger partial charge in [-0.25, -0.2) is 0 Å². The average Bonchev–Trinajstić information content (AvgIpc) is 2.28. The quantitative estimate of drug-likeness (QED) is 0.303. The van der Waals surface area contributed by atoms with E-state index in [0.717, 1.165) is 0 Å². The van der Waals surface area contributed by atoms with Gasteiger partial charge in [-0.1, -0.05) is 0 Å². The maximum Gasteiger partial charge on any atom is 0.250 e. The number of fused-ring (bicyclic) bond motifs is 1. The van der Waals surface area contributed by atoms with Crippen molar-refractivity contribution in [3.8, 4) is 0 Å². The minimum atomic E-state index is -0.794. The first-order valence-electron chi connectivity index (χ1n) is 4.83. The highest BCUT2D eigenvalue weighted by atomic mass is 32.1. The molecule has 0 spiro atoms. The Morgan fingerprint density at radius 1 is 1.06 bits per heavy atom. The number of hydrogen-bond acceptors (Lipinski definition) is 6. The van der Waals surface area contributed by atoms with Gasteiger partial charge in [0.15, 0.2) is 0 Å². The first-order valence-corrected chi connectivity index (χ1v) is 5.27. The van der Waals surface area contributed by atoms with Crippen LogP contribution in [0, 0.1) is 6.92 Å². The van der Waals surface area contributed by atoms with Crippen molar-refractivity contribution in [2.24, 2.45) is 5.73 Å². The van der Waals surface area contributed by atoms with Crippen molar-refractivity contribution < 1.29 is 9.59 Å². The minimum Gasteiger partial charge on any atom is -0.398 e. The van der Waals surface area contributed by atoms with E-state index in [1.54, 1.807) is 13.0 Å². The summed E-state index contributed by atoms with van der Waals surface area (Å²) in [6.07, 6.45) is 0. The first kappa shape index (κ1) is 11.5. The predicted molar refractivity (Wildman–Crippen MR) is 69.4 cm³/mol. The van der Waals surface area contributed by atoms with Crippen molar-refractivity contribution in [1.29, 1.82) is 0 Å². The molecule has 1 aromatic rings. The molecule has 2 rings (SSSR count). The Labute approximate surface area is 103 Å². The fraction of sp³-hybridized carbons (Fsp3) is 0.0909. The number of ketones is 2. The third kappa shape index (κ3) is 1.41. The number of thiol groups is 1. The van der Waals surface area contributed by atoms with Crippen molar-refractivity contribution >= 4 is 40.5 Å². The van der Waals surface area contributed by atoms with Gasteiger partial charge in [0.25, 0.3) is 0 Å². The first-order chi connectivity index (χ1) is 7.86. The molecule has 5 nitrogen and oxygen atoms in total. The van der Waals surface area contributed by atoms with E-state index in [0.29, 0.717) is 16.8 Å². The summed E-state index contributed by atoms with van der Waals surface area (Å²) in [6.45, 7) is 1.75. The maximum atomic E-state index is 11.8. The van der Waals surface area contributed by atoms with Gasteiger partial charge in [-0.05, 0) is 18.6 Å². The summed E-state index contributed by atoms with van der Waals surface area (Å²) in [5.74, 6) is -1.53. The second kappa shape index (κ2) is 3.53. The van der Waals surface area contributed by atoms with Crippen molar-refractivity contribution in [1.82, 2.24) is 0 Å². The Morgan fingerprint density at radius 3 is 2.24 bits per heavy atom. The van der Waals surface area contributed by atoms with E-state index in [1.165, 1.54) is 0 Å². The Morgan fingerprint density at radius 2 is 1.65 bits per heavy atom. The summed E-state index contributed by atoms with van der Waals surface area (Å²) in [6, 6.07) is 1.56. The normalized spacial score (nSPS) is 15.2. The number of aryl methyl sites for hydroxylation is 1. The zero-order chi connectivity index (χ0) is 12.9. The van der Waals surface area contributed by atoms with Gasteiger partial charge in [-0.2, -0.15) is 0 Å². The third-order valence-corrected chi connectivity index (χ3v) is 3.24. The highest BCUT2D eigenvalue weighted by Crippen LogP contribution is 2.38. The van der Waals surface area contributed by atoms with Crippen LogP contribution in [0.15, 0.2) is 11.8 Å². The Balaban J connectivity index is 2.95. The van der Waals surface area contributed by atoms with Crippen LogP contribution in [0.3, 0.4) is 0 Å². The number of carbonyl (C=O) groups excluding carboxylic acids is 2. The number of carbonyl (C=O) groups is 2. The molecule has 0 atom stereocenters. The highest BCUT2D eigenvalue weighted by molar-refractivity contribution is 7.90. The smallest absolute Gasteiger partial charge is 0.250 e. The highest BCUT2D eigenvalue weighted by Gasteiger charge is 2.33. The molecule has 1 aliphatic carbocycles. The molecule has 17 heavy (non-hydrogen) atoms. The van der Waals surface area contributed by atoms with E-state index in [9.17, 15) is 9.59 Å². The molecule has 0 aliphatic heterocycles. The molecule has 0 radical (unpaired) electrons. The predicted octanol–water partition coefficient (Wildman–Crippen LogP) is 0.482. The molecule has 1 aromatic carbocycles. The number of allylic oxidation sites excluding steroid dienone is 1. The molecule has 0 fully saturated rings. The number of hydrogen-bond donors (Lipinski definition) is 4. The summed E-state index contributed by atoms with van der Waals surface area (Å²) < 4.78 is 0. The molecule has 0 heterocycles. The Bertz CT molecular complexity index is 605. The van der Waals surface area contributed by atoms with E-state index in [-0.39, 0.29) is 21.9 Å². The number of anilines is 2. The average molecular weight is 249 g/mol. The second-order valence-electron chi connectivity index (χ2n) is 3.87. The number of nitrogen functional groups attached to an aromatic ring is 2. The summed E-state index contributed by atoms with van der Waals surface area (Å²) in [7, 11) is 0. The fourth-order valence-electron chi connectivity index (χ4n) is 1.83. The van der Waals surface area contributed by atoms with E-state index in [4.69, 9.17) is 17.2 Å². The second-order valence-corrected chi connectivity index (χ2v) is 4.31. The Hall–Kier alpha value is -1.95. The molecular formula is C11H11N3O2S. The lowest BCUT2D eigenvalue weighted by Gasteiger charge is -2.20. The molecule has 0 unspecified atom stereocenters. The zero-order valence-electron chi connectivity index (χ0n) is 9.07. The number of nitrogens with two attached hydrogens (primary N) is 3. The molecule has 6 heteroatoms. The van der Waals surface area contributed by atoms with Gasteiger partial charge < -0.3 is 17.2 Å². The van der Waals surface area contributed by atoms with Crippen molar-refractivity contribution in [2.45, 2.75) is 6.92 Å². The largest absolute Gasteiger partial charge is 0.398 e. The summed E-state index contributed by atoms with van der Waals surface area (Å²) in [5.41, 5.74) is 18.7. The lowest BCUT2D eigenvalue weighted by molar-refractivity contribution is -0.111. The summed E-state index contributed by atoms with van der Waals surface area (Å²) >= 11 is 4.15. The van der Waals surface area contributed by atoms with Gasteiger partial charge >= 0.3 is 0 Å². The van der Waals surface area contributed by atoms with Crippen LogP contribution in [-0.2, 0) is 4.79 Å². The molecule has 0 saturated carbocycles. The monoisotopic (exact) mass is 249 g/mol. The van der Waals surface area contributed by atoms with E-state index in [2.05, 4.69) is 12.6 Å². The van der Waals surface area contributed by atoms with E-state index in [1.807, 2.05) is 0 Å². The zero-order valence-corrected chi connectivity index (χ0v) is 9.97. The molecule has 0 bridgehead atoms. The van der Waals surface area contributed by atoms with Crippen molar-refractivity contribution in [3.05, 3.63) is 28.5 Å². The number of Topliss-reactive ketones (excluding diaryl/α,β-unsaturated/α-hetero) is 2. The van der Waals surface area contributed by atoms with Crippen LogP contribution < -0.4 is 17.2 Å². The molecule has 6 N–H and O–H groups in total. The van der Waals surface area contributed by atoms with Crippen LogP contribution in [0.5, 0.6) is 0 Å². The van der Waals surface area contributed by atoms with Crippen molar-refractivity contribution in [2.75, 3.05) is 11.5 Å². The summed E-state index contributed by atoms with van der Waals surface area (Å²) in [4.78, 5) is 23.6. The Kier molecular flexibility index (Phi) is 2.39. The van der Waals surface area contributed by atoms with Crippen LogP contribution >= 0.6 is 12.6 Å². The van der Waals surface area contributed by atoms with Crippen LogP contribution in [0.25, 0.3) is 4.91 Å².